The van der Waals surface area contributed by atoms with Crippen molar-refractivity contribution < 1.29 is 9.59 Å². The van der Waals surface area contributed by atoms with Crippen molar-refractivity contribution >= 4 is 46.2 Å². The van der Waals surface area contributed by atoms with Gasteiger partial charge >= 0.3 is 0 Å². The lowest BCUT2D eigenvalue weighted by atomic mass is 10.2. The van der Waals surface area contributed by atoms with Crippen LogP contribution in [0.2, 0.25) is 5.02 Å². The van der Waals surface area contributed by atoms with Crippen LogP contribution in [0.25, 0.3) is 11.0 Å². The Kier molecular flexibility index (Phi) is 8.16. The minimum atomic E-state index is -0.174. The third kappa shape index (κ3) is 6.24. The SMILES string of the molecule is CSCC[C@H](NC(=O)CCCNC(=O)c1ccc(Cl)cc1)c1nc2ccccc2[nH]1. The number of fused-ring (bicyclic) bond motifs is 1. The third-order valence-corrected chi connectivity index (χ3v) is 5.55. The van der Waals surface area contributed by atoms with Gasteiger partial charge in [-0.3, -0.25) is 9.59 Å². The molecule has 0 aliphatic rings. The first-order valence-corrected chi connectivity index (χ1v) is 11.6. The summed E-state index contributed by atoms with van der Waals surface area (Å²) >= 11 is 7.57. The number of hydrogen-bond donors (Lipinski definition) is 3. The van der Waals surface area contributed by atoms with Gasteiger partial charge in [0.15, 0.2) is 0 Å². The van der Waals surface area contributed by atoms with E-state index in [0.29, 0.717) is 30.0 Å². The van der Waals surface area contributed by atoms with Crippen molar-refractivity contribution in [2.24, 2.45) is 0 Å². The second kappa shape index (κ2) is 11.0. The number of rotatable bonds is 10. The number of H-pyrrole nitrogens is 1. The van der Waals surface area contributed by atoms with Crippen LogP contribution >= 0.6 is 23.4 Å². The number of aromatic nitrogens is 2. The van der Waals surface area contributed by atoms with Gasteiger partial charge in [-0.2, -0.15) is 11.8 Å². The zero-order chi connectivity index (χ0) is 21.3. The minimum absolute atomic E-state index is 0.0534. The summed E-state index contributed by atoms with van der Waals surface area (Å²) in [6.45, 7) is 0.426. The highest BCUT2D eigenvalue weighted by Crippen LogP contribution is 2.20. The second-order valence-electron chi connectivity index (χ2n) is 6.91. The fourth-order valence-corrected chi connectivity index (χ4v) is 3.67. The first-order chi connectivity index (χ1) is 14.6. The van der Waals surface area contributed by atoms with Crippen molar-refractivity contribution in [2.45, 2.75) is 25.3 Å². The Labute approximate surface area is 185 Å². The van der Waals surface area contributed by atoms with Gasteiger partial charge in [0.25, 0.3) is 5.91 Å². The van der Waals surface area contributed by atoms with Gasteiger partial charge in [-0.05, 0) is 61.2 Å². The first kappa shape index (κ1) is 22.2. The predicted octanol–water partition coefficient (Wildman–Crippen LogP) is 4.34. The summed E-state index contributed by atoms with van der Waals surface area (Å²) in [5, 5.41) is 6.50. The summed E-state index contributed by atoms with van der Waals surface area (Å²) in [7, 11) is 0. The Bertz CT molecular complexity index is 957. The number of carbonyl (C=O) groups is 2. The van der Waals surface area contributed by atoms with Crippen LogP contribution in [-0.4, -0.2) is 40.3 Å². The van der Waals surface area contributed by atoms with Crippen molar-refractivity contribution in [1.29, 1.82) is 0 Å². The molecule has 1 aromatic heterocycles. The van der Waals surface area contributed by atoms with E-state index in [9.17, 15) is 9.59 Å². The van der Waals surface area contributed by atoms with E-state index in [1.54, 1.807) is 36.0 Å². The van der Waals surface area contributed by atoms with Crippen LogP contribution in [0, 0.1) is 0 Å². The highest BCUT2D eigenvalue weighted by atomic mass is 35.5. The van der Waals surface area contributed by atoms with Crippen LogP contribution < -0.4 is 10.6 Å². The van der Waals surface area contributed by atoms with E-state index in [0.717, 1.165) is 29.0 Å². The summed E-state index contributed by atoms with van der Waals surface area (Å²) in [5.74, 6) is 1.46. The molecule has 2 aromatic carbocycles. The van der Waals surface area contributed by atoms with Crippen LogP contribution in [0.3, 0.4) is 0 Å². The third-order valence-electron chi connectivity index (χ3n) is 4.66. The molecule has 1 heterocycles. The lowest BCUT2D eigenvalue weighted by molar-refractivity contribution is -0.122. The molecule has 0 aliphatic heterocycles. The van der Waals surface area contributed by atoms with Crippen LogP contribution in [0.1, 0.15) is 41.5 Å². The van der Waals surface area contributed by atoms with Gasteiger partial charge < -0.3 is 15.6 Å². The molecule has 0 aliphatic carbocycles. The molecular formula is C22H25ClN4O2S. The molecule has 2 amide bonds. The van der Waals surface area contributed by atoms with Gasteiger partial charge in [0.1, 0.15) is 5.82 Å². The lowest BCUT2D eigenvalue weighted by Crippen LogP contribution is -2.31. The maximum Gasteiger partial charge on any atom is 0.251 e. The minimum Gasteiger partial charge on any atom is -0.352 e. The standard InChI is InChI=1S/C22H25ClN4O2S/c1-30-14-12-19(21-26-17-5-2-3-6-18(17)27-21)25-20(28)7-4-13-24-22(29)15-8-10-16(23)11-9-15/h2-3,5-6,8-11,19H,4,7,12-14H2,1H3,(H,24,29)(H,25,28)(H,26,27)/t19-/m0/s1. The molecule has 6 nitrogen and oxygen atoms in total. The van der Waals surface area contributed by atoms with Gasteiger partial charge in [0.05, 0.1) is 17.1 Å². The fraction of sp³-hybridized carbons (Fsp3) is 0.318. The van der Waals surface area contributed by atoms with E-state index in [1.165, 1.54) is 0 Å². The predicted molar refractivity (Wildman–Crippen MR) is 123 cm³/mol. The zero-order valence-corrected chi connectivity index (χ0v) is 18.4. The number of halogens is 1. The van der Waals surface area contributed by atoms with Crippen LogP contribution in [-0.2, 0) is 4.79 Å². The Hall–Kier alpha value is -2.51. The maximum absolute atomic E-state index is 12.5. The summed E-state index contributed by atoms with van der Waals surface area (Å²) in [6, 6.07) is 14.4. The lowest BCUT2D eigenvalue weighted by Gasteiger charge is -2.16. The van der Waals surface area contributed by atoms with E-state index in [-0.39, 0.29) is 17.9 Å². The highest BCUT2D eigenvalue weighted by Gasteiger charge is 2.18. The molecule has 158 valence electrons. The molecule has 0 bridgehead atoms. The molecule has 3 rings (SSSR count). The molecule has 3 N–H and O–H groups in total. The monoisotopic (exact) mass is 444 g/mol. The summed E-state index contributed by atoms with van der Waals surface area (Å²) in [5.41, 5.74) is 2.40. The molecule has 0 unspecified atom stereocenters. The number of hydrogen-bond acceptors (Lipinski definition) is 4. The molecule has 0 spiro atoms. The number of carbonyl (C=O) groups excluding carboxylic acids is 2. The number of para-hydroxylation sites is 2. The number of imidazole rings is 1. The molecule has 0 saturated carbocycles. The largest absolute Gasteiger partial charge is 0.352 e. The molecule has 30 heavy (non-hydrogen) atoms. The number of amides is 2. The summed E-state index contributed by atoms with van der Waals surface area (Å²) in [4.78, 5) is 32.5. The number of thioether (sulfide) groups is 1. The van der Waals surface area contributed by atoms with Gasteiger partial charge in [0.2, 0.25) is 5.91 Å². The molecule has 0 fully saturated rings. The fourth-order valence-electron chi connectivity index (χ4n) is 3.07. The van der Waals surface area contributed by atoms with E-state index in [1.807, 2.05) is 30.5 Å². The molecule has 0 saturated heterocycles. The van der Waals surface area contributed by atoms with Crippen molar-refractivity contribution in [3.63, 3.8) is 0 Å². The Balaban J connectivity index is 1.49. The summed E-state index contributed by atoms with van der Waals surface area (Å²) in [6.07, 6.45) is 3.72. The topological polar surface area (TPSA) is 86.9 Å². The van der Waals surface area contributed by atoms with Crippen molar-refractivity contribution in [3.05, 3.63) is 64.9 Å². The molecular weight excluding hydrogens is 420 g/mol. The maximum atomic E-state index is 12.5. The molecule has 8 heteroatoms. The summed E-state index contributed by atoms with van der Waals surface area (Å²) < 4.78 is 0. The molecule has 0 radical (unpaired) electrons. The van der Waals surface area contributed by atoms with E-state index >= 15 is 0 Å². The van der Waals surface area contributed by atoms with Crippen molar-refractivity contribution in [3.8, 4) is 0 Å². The number of nitrogens with one attached hydrogen (secondary N) is 3. The van der Waals surface area contributed by atoms with E-state index in [4.69, 9.17) is 11.6 Å². The number of nitrogens with zero attached hydrogens (tertiary/aromatic N) is 1. The Morgan fingerprint density at radius 1 is 1.17 bits per heavy atom. The van der Waals surface area contributed by atoms with E-state index < -0.39 is 0 Å². The number of benzene rings is 2. The zero-order valence-electron chi connectivity index (χ0n) is 16.8. The highest BCUT2D eigenvalue weighted by molar-refractivity contribution is 7.98. The second-order valence-corrected chi connectivity index (χ2v) is 8.33. The van der Waals surface area contributed by atoms with Crippen molar-refractivity contribution in [2.75, 3.05) is 18.6 Å². The molecule has 1 atom stereocenters. The van der Waals surface area contributed by atoms with E-state index in [2.05, 4.69) is 20.6 Å². The average molecular weight is 445 g/mol. The Morgan fingerprint density at radius 3 is 2.67 bits per heavy atom. The normalized spacial score (nSPS) is 11.9. The van der Waals surface area contributed by atoms with Crippen LogP contribution in [0.15, 0.2) is 48.5 Å². The van der Waals surface area contributed by atoms with Gasteiger partial charge in [-0.1, -0.05) is 23.7 Å². The average Bonchev–Trinajstić information content (AvgIpc) is 3.18. The smallest absolute Gasteiger partial charge is 0.251 e. The van der Waals surface area contributed by atoms with Gasteiger partial charge in [-0.25, -0.2) is 4.98 Å². The van der Waals surface area contributed by atoms with Gasteiger partial charge in [-0.15, -0.1) is 0 Å². The number of aromatic amines is 1. The first-order valence-electron chi connectivity index (χ1n) is 9.83. The Morgan fingerprint density at radius 2 is 1.93 bits per heavy atom. The van der Waals surface area contributed by atoms with Gasteiger partial charge in [0, 0.05) is 23.6 Å². The molecule has 3 aromatic rings. The van der Waals surface area contributed by atoms with Crippen molar-refractivity contribution in [1.82, 2.24) is 20.6 Å². The van der Waals surface area contributed by atoms with Crippen LogP contribution in [0.4, 0.5) is 0 Å². The quantitative estimate of drug-likeness (QED) is 0.406. The van der Waals surface area contributed by atoms with Crippen LogP contribution in [0.5, 0.6) is 0 Å².